The highest BCUT2D eigenvalue weighted by Gasteiger charge is 2.93. The smallest absolute Gasteiger partial charge is 0.335 e. The van der Waals surface area contributed by atoms with E-state index in [-0.39, 0.29) is 72.9 Å². The van der Waals surface area contributed by atoms with E-state index in [4.69, 9.17) is 18.9 Å². The summed E-state index contributed by atoms with van der Waals surface area (Å²) < 4.78 is 27.7. The second-order valence-electron chi connectivity index (χ2n) is 17.8. The van der Waals surface area contributed by atoms with Gasteiger partial charge in [-0.2, -0.15) is 0 Å². The van der Waals surface area contributed by atoms with Crippen LogP contribution in [0.4, 0.5) is 0 Å². The van der Waals surface area contributed by atoms with Crippen LogP contribution in [0.15, 0.2) is 46.1 Å². The molecule has 9 aliphatic rings. The fraction of sp³-hybridized carbons (Fsp3) is 0.659. The standard InChI is InChI=1S/C41H46O13/c1-17(10-11-52-27(43)9-8-26(42)50-6)33(46)53-16-39(49)23-14-22(23)36(3)24-13-20-19-12-21(19)37(4)28(20)29-30(31(44)32(37)45)38(5,35(48)51-7)40(15-25(36)39)18(2)34(47)54-41(24,29)40/h10,19,21-25,32,45,49H,2,8-9,11-16H2,1,3-7H3. The number of aliphatic hydroxyl groups is 2. The normalized spacial score (nSPS) is 46.6. The summed E-state index contributed by atoms with van der Waals surface area (Å²) in [7, 11) is 2.46. The van der Waals surface area contributed by atoms with E-state index in [0.717, 1.165) is 17.6 Å². The summed E-state index contributed by atoms with van der Waals surface area (Å²) >= 11 is 0. The molecule has 0 amide bonds. The van der Waals surface area contributed by atoms with Gasteiger partial charge in [-0.3, -0.25) is 19.2 Å². The minimum absolute atomic E-state index is 0.0239. The van der Waals surface area contributed by atoms with E-state index in [9.17, 15) is 39.0 Å². The zero-order chi connectivity index (χ0) is 38.9. The Kier molecular flexibility index (Phi) is 6.98. The number of fused-ring (bicyclic) bond motifs is 7. The molecule has 1 aliphatic heterocycles. The maximum Gasteiger partial charge on any atom is 0.335 e. The van der Waals surface area contributed by atoms with Crippen molar-refractivity contribution in [3.8, 4) is 0 Å². The topological polar surface area (TPSA) is 189 Å². The molecule has 1 spiro atoms. The van der Waals surface area contributed by atoms with Gasteiger partial charge in [-0.15, -0.1) is 0 Å². The number of carbonyl (C=O) groups excluding carboxylic acids is 6. The Morgan fingerprint density at radius 1 is 0.926 bits per heavy atom. The Morgan fingerprint density at radius 2 is 1.63 bits per heavy atom. The van der Waals surface area contributed by atoms with Crippen molar-refractivity contribution in [1.82, 2.24) is 0 Å². The molecule has 0 bridgehead atoms. The predicted molar refractivity (Wildman–Crippen MR) is 183 cm³/mol. The third-order valence-corrected chi connectivity index (χ3v) is 16.3. The highest BCUT2D eigenvalue weighted by Crippen LogP contribution is 2.89. The first-order valence-electron chi connectivity index (χ1n) is 18.9. The highest BCUT2D eigenvalue weighted by molar-refractivity contribution is 6.13. The summed E-state index contributed by atoms with van der Waals surface area (Å²) in [5.41, 5.74) is -5.08. The van der Waals surface area contributed by atoms with Crippen molar-refractivity contribution in [2.24, 2.45) is 57.2 Å². The van der Waals surface area contributed by atoms with Crippen LogP contribution in [0, 0.1) is 57.2 Å². The molecule has 13 unspecified atom stereocenters. The van der Waals surface area contributed by atoms with Gasteiger partial charge in [0.2, 0.25) is 0 Å². The average Bonchev–Trinajstić information content (AvgIpc) is 4.06. The summed E-state index contributed by atoms with van der Waals surface area (Å²) in [5, 5.41) is 24.8. The zero-order valence-corrected chi connectivity index (χ0v) is 31.4. The van der Waals surface area contributed by atoms with Gasteiger partial charge in [0, 0.05) is 33.6 Å². The molecule has 1 saturated heterocycles. The second-order valence-corrected chi connectivity index (χ2v) is 17.8. The Balaban J connectivity index is 1.10. The van der Waals surface area contributed by atoms with Crippen LogP contribution in [-0.4, -0.2) is 90.6 Å². The van der Waals surface area contributed by atoms with Crippen LogP contribution in [0.5, 0.6) is 0 Å². The lowest BCUT2D eigenvalue weighted by molar-refractivity contribution is -0.225. The third kappa shape index (κ3) is 3.61. The van der Waals surface area contributed by atoms with Crippen LogP contribution >= 0.6 is 0 Å². The van der Waals surface area contributed by atoms with Crippen LogP contribution in [0.2, 0.25) is 0 Å². The van der Waals surface area contributed by atoms with Gasteiger partial charge in [-0.05, 0) is 86.2 Å². The molecule has 9 rings (SSSR count). The van der Waals surface area contributed by atoms with E-state index in [1.54, 1.807) is 6.92 Å². The number of ketones is 1. The number of carbonyl (C=O) groups is 6. The number of methoxy groups -OCH3 is 2. The van der Waals surface area contributed by atoms with Gasteiger partial charge in [0.05, 0.1) is 32.5 Å². The molecule has 13 atom stereocenters. The van der Waals surface area contributed by atoms with E-state index < -0.39 is 86.4 Å². The number of rotatable bonds is 9. The highest BCUT2D eigenvalue weighted by atomic mass is 16.6. The number of ether oxygens (including phenoxy) is 5. The lowest BCUT2D eigenvalue weighted by atomic mass is 9.38. The van der Waals surface area contributed by atoms with Crippen LogP contribution in [0.1, 0.15) is 66.2 Å². The monoisotopic (exact) mass is 746 g/mol. The molecule has 13 nitrogen and oxygen atoms in total. The molecule has 54 heavy (non-hydrogen) atoms. The van der Waals surface area contributed by atoms with Gasteiger partial charge >= 0.3 is 29.8 Å². The van der Waals surface area contributed by atoms with E-state index in [0.29, 0.717) is 18.4 Å². The van der Waals surface area contributed by atoms with E-state index >= 15 is 0 Å². The first kappa shape index (κ1) is 35.6. The molecule has 2 N–H and O–H groups in total. The Morgan fingerprint density at radius 3 is 2.31 bits per heavy atom. The van der Waals surface area contributed by atoms with E-state index in [1.165, 1.54) is 27.2 Å². The lowest BCUT2D eigenvalue weighted by Crippen LogP contribution is -2.69. The fourth-order valence-corrected chi connectivity index (χ4v) is 13.8. The first-order chi connectivity index (χ1) is 25.4. The van der Waals surface area contributed by atoms with Crippen molar-refractivity contribution in [1.29, 1.82) is 0 Å². The van der Waals surface area contributed by atoms with Crippen LogP contribution in [0.3, 0.4) is 0 Å². The van der Waals surface area contributed by atoms with Crippen molar-refractivity contribution < 1.29 is 62.7 Å². The molecular formula is C41H46O13. The Bertz CT molecular complexity index is 2020. The van der Waals surface area contributed by atoms with Crippen LogP contribution < -0.4 is 0 Å². The van der Waals surface area contributed by atoms with Crippen molar-refractivity contribution in [2.75, 3.05) is 27.4 Å². The molecule has 0 aromatic rings. The van der Waals surface area contributed by atoms with Crippen LogP contribution in [0.25, 0.3) is 0 Å². The molecule has 8 aliphatic carbocycles. The number of esters is 5. The van der Waals surface area contributed by atoms with Gasteiger partial charge in [-0.1, -0.05) is 26.0 Å². The molecule has 0 radical (unpaired) electrons. The van der Waals surface area contributed by atoms with Gasteiger partial charge in [-0.25, -0.2) is 9.59 Å². The lowest BCUT2D eigenvalue weighted by Gasteiger charge is -2.64. The number of allylic oxidation sites excluding steroid dienone is 1. The predicted octanol–water partition coefficient (Wildman–Crippen LogP) is 2.62. The van der Waals surface area contributed by atoms with Crippen molar-refractivity contribution in [3.05, 3.63) is 46.1 Å². The van der Waals surface area contributed by atoms with Crippen LogP contribution in [-0.2, 0) is 52.5 Å². The SMILES string of the molecule is C=C1C(=O)OC23C4=C5C(=O)C(O)C6(C)C4=C(CC2C2(C)C4CC4C(O)(COC(=O)C(C)=CCOC(=O)CCC(=O)OC)C2CC13C5(C)C(=O)OC)C1CC16. The average molecular weight is 747 g/mol. The number of Topliss-reactive ketones (excluding diaryl/α,β-unsaturated/α-hetero) is 1. The molecule has 1 heterocycles. The van der Waals surface area contributed by atoms with Crippen molar-refractivity contribution >= 4 is 35.6 Å². The maximum absolute atomic E-state index is 14.7. The molecule has 288 valence electrons. The Hall–Kier alpha value is -4.10. The van der Waals surface area contributed by atoms with Gasteiger partial charge in [0.1, 0.15) is 30.3 Å². The largest absolute Gasteiger partial charge is 0.469 e. The molecule has 4 saturated carbocycles. The molecule has 5 fully saturated rings. The summed E-state index contributed by atoms with van der Waals surface area (Å²) in [6.45, 7) is 10.9. The van der Waals surface area contributed by atoms with E-state index in [2.05, 4.69) is 18.2 Å². The number of hydrogen-bond acceptors (Lipinski definition) is 13. The van der Waals surface area contributed by atoms with Gasteiger partial charge < -0.3 is 33.9 Å². The first-order valence-corrected chi connectivity index (χ1v) is 18.9. The summed E-state index contributed by atoms with van der Waals surface area (Å²) in [6, 6.07) is 0. The zero-order valence-electron chi connectivity index (χ0n) is 31.4. The second kappa shape index (κ2) is 10.6. The quantitative estimate of drug-likeness (QED) is 0.199. The molecule has 13 heteroatoms. The van der Waals surface area contributed by atoms with E-state index in [1.807, 2.05) is 6.92 Å². The minimum atomic E-state index is -1.80. The summed E-state index contributed by atoms with van der Waals surface area (Å²) in [4.78, 5) is 79.9. The van der Waals surface area contributed by atoms with Gasteiger partial charge in [0.15, 0.2) is 11.4 Å². The fourth-order valence-electron chi connectivity index (χ4n) is 13.8. The number of aliphatic hydroxyl groups excluding tert-OH is 1. The van der Waals surface area contributed by atoms with Crippen molar-refractivity contribution in [3.63, 3.8) is 0 Å². The number of hydrogen-bond donors (Lipinski definition) is 2. The minimum Gasteiger partial charge on any atom is -0.469 e. The van der Waals surface area contributed by atoms with Crippen molar-refractivity contribution in [2.45, 2.75) is 83.5 Å². The molecule has 0 aromatic heterocycles. The molecule has 0 aromatic carbocycles. The summed E-state index contributed by atoms with van der Waals surface area (Å²) in [6.07, 6.45) is 1.71. The maximum atomic E-state index is 14.7. The summed E-state index contributed by atoms with van der Waals surface area (Å²) in [5.74, 6) is -5.03. The third-order valence-electron chi connectivity index (χ3n) is 16.3. The van der Waals surface area contributed by atoms with Gasteiger partial charge in [0.25, 0.3) is 0 Å². The molecular weight excluding hydrogens is 700 g/mol. The Labute approximate surface area is 312 Å².